The normalized spacial score (nSPS) is 20.1. The molecule has 4 N–H and O–H groups in total. The molecule has 0 aromatic carbocycles. The van der Waals surface area contributed by atoms with Crippen LogP contribution < -0.4 is 29.5 Å². The Morgan fingerprint density at radius 1 is 0.614 bits per heavy atom. The molecular weight excluding hydrogens is 884 g/mol. The van der Waals surface area contributed by atoms with Gasteiger partial charge in [0.1, 0.15) is 12.1 Å². The van der Waals surface area contributed by atoms with Crippen LogP contribution in [0.5, 0.6) is 0 Å². The minimum atomic E-state index is -1.00. The number of likely N-dealkylation sites (tertiary alicyclic amines) is 2. The molecule has 0 aromatic heterocycles. The molecule has 0 aliphatic carbocycles. The van der Waals surface area contributed by atoms with Crippen molar-refractivity contribution in [1.82, 2.24) is 30.2 Å². The molecule has 0 spiro atoms. The van der Waals surface area contributed by atoms with Crippen LogP contribution in [0, 0.1) is 34.5 Å². The third-order valence-corrected chi connectivity index (χ3v) is 14.2. The van der Waals surface area contributed by atoms with Crippen LogP contribution in [0.1, 0.15) is 170 Å². The SMILES string of the molecule is C/C(=C\[C@H](C(C)C)N(C)C(=O)[C@@H](NC(=O)[C@H]1CCCCN1C(C)C(C)C)C(C)(C)C)C(=O)O.CCOC(=O)/C(C)=C/[C@H](C(C)C)N(C)C(=O)[C@@H](NC(=O)[C@H]1CCCCN1C(C)C(C)C)C(C)(C)C.[Li+].[OH-]. The summed E-state index contributed by atoms with van der Waals surface area (Å²) in [5.41, 5.74) is -0.310. The number of rotatable bonds is 19. The number of hydrogen-bond acceptors (Lipinski definition) is 10. The van der Waals surface area contributed by atoms with E-state index in [4.69, 9.17) is 4.74 Å². The summed E-state index contributed by atoms with van der Waals surface area (Å²) in [4.78, 5) is 85.9. The molecule has 0 saturated carbocycles. The average Bonchev–Trinajstić information content (AvgIpc) is 3.25. The molecule has 2 rings (SSSR count). The van der Waals surface area contributed by atoms with Crippen LogP contribution in [0.15, 0.2) is 23.3 Å². The Labute approximate surface area is 436 Å². The topological polar surface area (TPSA) is 199 Å². The van der Waals surface area contributed by atoms with Gasteiger partial charge in [0.25, 0.3) is 0 Å². The second-order valence-corrected chi connectivity index (χ2v) is 23.2. The molecule has 4 amide bonds. The maximum atomic E-state index is 13.8. The number of carboxylic acids is 1. The number of nitrogens with one attached hydrogen (secondary N) is 2. The van der Waals surface area contributed by atoms with Crippen LogP contribution in [0.3, 0.4) is 0 Å². The summed E-state index contributed by atoms with van der Waals surface area (Å²) < 4.78 is 5.12. The number of likely N-dealkylation sites (N-methyl/N-ethyl adjacent to an activating group) is 2. The Bertz CT molecular complexity index is 1740. The van der Waals surface area contributed by atoms with Gasteiger partial charge in [-0.3, -0.25) is 29.0 Å². The fourth-order valence-corrected chi connectivity index (χ4v) is 9.09. The number of hydrogen-bond donors (Lipinski definition) is 3. The van der Waals surface area contributed by atoms with Crippen molar-refractivity contribution in [3.63, 3.8) is 0 Å². The van der Waals surface area contributed by atoms with E-state index in [2.05, 4.69) is 62.0 Å². The molecule has 16 heteroatoms. The molecule has 400 valence electrons. The molecular formula is C54H99LiN6O9. The third-order valence-electron chi connectivity index (χ3n) is 14.2. The van der Waals surface area contributed by atoms with Gasteiger partial charge in [0, 0.05) is 37.3 Å². The first-order chi connectivity index (χ1) is 31.2. The van der Waals surface area contributed by atoms with E-state index in [1.165, 1.54) is 6.92 Å². The molecule has 2 heterocycles. The maximum absolute atomic E-state index is 13.8. The van der Waals surface area contributed by atoms with Crippen molar-refractivity contribution < 1.29 is 62.9 Å². The van der Waals surface area contributed by atoms with Crippen molar-refractivity contribution in [2.75, 3.05) is 33.8 Å². The summed E-state index contributed by atoms with van der Waals surface area (Å²) in [6, 6.07) is -1.99. The number of carbonyl (C=O) groups excluding carboxylic acids is 5. The van der Waals surface area contributed by atoms with Crippen molar-refractivity contribution in [3.8, 4) is 0 Å². The zero-order valence-corrected chi connectivity index (χ0v) is 48.0. The summed E-state index contributed by atoms with van der Waals surface area (Å²) in [6.07, 6.45) is 9.21. The van der Waals surface area contributed by atoms with Crippen LogP contribution in [0.4, 0.5) is 0 Å². The number of ether oxygens (including phenoxy) is 1. The molecule has 0 radical (unpaired) electrons. The van der Waals surface area contributed by atoms with Crippen molar-refractivity contribution in [2.45, 2.75) is 218 Å². The first-order valence-corrected chi connectivity index (χ1v) is 25.6. The summed E-state index contributed by atoms with van der Waals surface area (Å²) in [5.74, 6) is -0.942. The molecule has 0 bridgehead atoms. The predicted octanol–water partition coefficient (Wildman–Crippen LogP) is 5.17. The summed E-state index contributed by atoms with van der Waals surface area (Å²) in [6.45, 7) is 39.9. The van der Waals surface area contributed by atoms with Crippen LogP contribution in [-0.4, -0.2) is 148 Å². The van der Waals surface area contributed by atoms with Gasteiger partial charge in [0.2, 0.25) is 23.6 Å². The first kappa shape index (κ1) is 68.9. The molecule has 2 fully saturated rings. The Hall–Kier alpha value is -3.22. The van der Waals surface area contributed by atoms with E-state index in [0.717, 1.165) is 51.6 Å². The van der Waals surface area contributed by atoms with Crippen LogP contribution in [0.2, 0.25) is 0 Å². The summed E-state index contributed by atoms with van der Waals surface area (Å²) in [7, 11) is 3.44. The molecule has 2 aliphatic rings. The van der Waals surface area contributed by atoms with E-state index in [1.807, 2.05) is 69.2 Å². The van der Waals surface area contributed by atoms with Crippen LogP contribution in [0.25, 0.3) is 0 Å². The number of esters is 1. The minimum absolute atomic E-state index is 0. The molecule has 15 nitrogen and oxygen atoms in total. The number of piperidine rings is 2. The molecule has 2 unspecified atom stereocenters. The van der Waals surface area contributed by atoms with Gasteiger partial charge < -0.3 is 35.8 Å². The summed E-state index contributed by atoms with van der Waals surface area (Å²) >= 11 is 0. The Kier molecular flexibility index (Phi) is 30.2. The van der Waals surface area contributed by atoms with Gasteiger partial charge in [-0.25, -0.2) is 9.59 Å². The van der Waals surface area contributed by atoms with E-state index in [0.29, 0.717) is 30.1 Å². The Morgan fingerprint density at radius 2 is 0.943 bits per heavy atom. The third kappa shape index (κ3) is 20.4. The van der Waals surface area contributed by atoms with E-state index >= 15 is 0 Å². The van der Waals surface area contributed by atoms with E-state index in [9.17, 15) is 33.9 Å². The molecule has 8 atom stereocenters. The zero-order valence-electron chi connectivity index (χ0n) is 48.0. The Morgan fingerprint density at radius 3 is 1.21 bits per heavy atom. The van der Waals surface area contributed by atoms with Gasteiger partial charge in [-0.05, 0) is 108 Å². The van der Waals surface area contributed by atoms with Gasteiger partial charge in [-0.15, -0.1) is 0 Å². The maximum Gasteiger partial charge on any atom is 1.00 e. The predicted molar refractivity (Wildman–Crippen MR) is 277 cm³/mol. The van der Waals surface area contributed by atoms with Gasteiger partial charge in [-0.1, -0.05) is 122 Å². The number of carboxylic acid groups (broad SMARTS) is 1. The van der Waals surface area contributed by atoms with E-state index in [1.54, 1.807) is 49.9 Å². The van der Waals surface area contributed by atoms with Gasteiger partial charge in [0.05, 0.1) is 30.8 Å². The molecule has 0 aromatic rings. The quantitative estimate of drug-likeness (QED) is 0.0878. The summed E-state index contributed by atoms with van der Waals surface area (Å²) in [5, 5.41) is 15.5. The van der Waals surface area contributed by atoms with Gasteiger partial charge in [0.15, 0.2) is 0 Å². The van der Waals surface area contributed by atoms with Crippen molar-refractivity contribution in [2.24, 2.45) is 34.5 Å². The van der Waals surface area contributed by atoms with Crippen molar-refractivity contribution in [3.05, 3.63) is 23.3 Å². The first-order valence-electron chi connectivity index (χ1n) is 25.6. The van der Waals surface area contributed by atoms with Gasteiger partial charge >= 0.3 is 30.8 Å². The largest absolute Gasteiger partial charge is 1.00 e. The Balaban J connectivity index is 0. The second kappa shape index (κ2) is 30.7. The monoisotopic (exact) mass is 983 g/mol. The van der Waals surface area contributed by atoms with Crippen LogP contribution >= 0.6 is 0 Å². The standard InChI is InChI=1S/C28H51N3O4.C26H47N3O4.Li.H2O/c1-12-35-27(34)20(6)17-23(19(4)5)30(11)26(33)24(28(8,9)10)29-25(32)22-15-13-14-16-31(22)21(7)18(2)3;1-16(2)19(6)29-14-12-11-13-20(29)23(30)27-22(26(7,8)9)24(31)28(10)21(17(3)4)15-18(5)25(32)33;;/h17-19,21-24H,12-16H2,1-11H3,(H,29,32);15-17,19-22H,11-14H2,1-10H3,(H,27,30)(H,32,33);;1H2/q;;+1;/p-1/b20-17+;18-15+;;/t21?,22-,23-,24-;19?,20-,21-,22-;;/m11../s1. The van der Waals surface area contributed by atoms with Crippen molar-refractivity contribution >= 4 is 35.6 Å². The minimum Gasteiger partial charge on any atom is -0.870 e. The zero-order chi connectivity index (χ0) is 52.8. The molecule has 70 heavy (non-hydrogen) atoms. The smallest absolute Gasteiger partial charge is 0.870 e. The van der Waals surface area contributed by atoms with E-state index < -0.39 is 28.9 Å². The fourth-order valence-electron chi connectivity index (χ4n) is 9.09. The average molecular weight is 983 g/mol. The number of carbonyl (C=O) groups is 6. The fraction of sp³-hybridized carbons (Fsp3) is 0.815. The number of amides is 4. The number of aliphatic carboxylic acids is 1. The van der Waals surface area contributed by atoms with E-state index in [-0.39, 0.29) is 102 Å². The van der Waals surface area contributed by atoms with Crippen molar-refractivity contribution in [1.29, 1.82) is 0 Å². The second-order valence-electron chi connectivity index (χ2n) is 23.2. The molecule has 2 saturated heterocycles. The molecule has 2 aliphatic heterocycles. The number of nitrogens with zero attached hydrogens (tertiary/aromatic N) is 4. The van der Waals surface area contributed by atoms with Gasteiger partial charge in [-0.2, -0.15) is 0 Å². The van der Waals surface area contributed by atoms with Crippen LogP contribution in [-0.2, 0) is 33.5 Å².